The van der Waals surface area contributed by atoms with Crippen LogP contribution in [-0.2, 0) is 9.47 Å². The normalized spacial score (nSPS) is 12.4. The topological polar surface area (TPSA) is 27.7 Å². The first-order chi connectivity index (χ1) is 8.81. The molecule has 1 aromatic rings. The number of hydrogen-bond donors (Lipinski definition) is 0. The lowest BCUT2D eigenvalue weighted by Gasteiger charge is -2.16. The summed E-state index contributed by atoms with van der Waals surface area (Å²) in [5, 5.41) is 0. The largest absolute Gasteiger partial charge is 0.497 e. The Morgan fingerprint density at radius 1 is 1.11 bits per heavy atom. The maximum atomic E-state index is 5.82. The molecule has 0 amide bonds. The Balaban J connectivity index is 2.39. The fraction of sp³-hybridized carbons (Fsp3) is 0.571. The second-order valence-electron chi connectivity index (χ2n) is 3.90. The molecule has 0 saturated carbocycles. The van der Waals surface area contributed by atoms with Crippen LogP contribution in [0.2, 0.25) is 0 Å². The summed E-state index contributed by atoms with van der Waals surface area (Å²) in [5.41, 5.74) is 1.18. The summed E-state index contributed by atoms with van der Waals surface area (Å²) in [6.07, 6.45) is 1.18. The molecule has 18 heavy (non-hydrogen) atoms. The standard InChI is InChI=1S/C14H21IO3/c1-3-8-17-9-10-18-14(11-15)12-4-6-13(16-2)7-5-12/h4-7,14H,3,8-11H2,1-2H3. The molecule has 0 radical (unpaired) electrons. The summed E-state index contributed by atoms with van der Waals surface area (Å²) in [6, 6.07) is 8.03. The Bertz CT molecular complexity index is 313. The SMILES string of the molecule is CCCOCCOC(CI)c1ccc(OC)cc1. The molecule has 0 aromatic heterocycles. The van der Waals surface area contributed by atoms with Crippen molar-refractivity contribution >= 4 is 22.6 Å². The lowest BCUT2D eigenvalue weighted by molar-refractivity contribution is 0.0147. The zero-order valence-electron chi connectivity index (χ0n) is 11.0. The number of halogens is 1. The van der Waals surface area contributed by atoms with E-state index in [1.165, 1.54) is 5.56 Å². The smallest absolute Gasteiger partial charge is 0.118 e. The summed E-state index contributed by atoms with van der Waals surface area (Å²) < 4.78 is 17.3. The number of hydrogen-bond acceptors (Lipinski definition) is 3. The third kappa shape index (κ3) is 5.54. The number of ether oxygens (including phenoxy) is 3. The fourth-order valence-corrected chi connectivity index (χ4v) is 2.31. The first-order valence-electron chi connectivity index (χ1n) is 6.21. The van der Waals surface area contributed by atoms with Gasteiger partial charge < -0.3 is 14.2 Å². The van der Waals surface area contributed by atoms with E-state index in [2.05, 4.69) is 41.6 Å². The van der Waals surface area contributed by atoms with Crippen LogP contribution in [0.15, 0.2) is 24.3 Å². The molecule has 4 heteroatoms. The van der Waals surface area contributed by atoms with Gasteiger partial charge in [0.2, 0.25) is 0 Å². The summed E-state index contributed by atoms with van der Waals surface area (Å²) in [5.74, 6) is 0.872. The quantitative estimate of drug-likeness (QED) is 0.381. The van der Waals surface area contributed by atoms with Crippen LogP contribution in [0.4, 0.5) is 0 Å². The van der Waals surface area contributed by atoms with Crippen LogP contribution in [0, 0.1) is 0 Å². The van der Waals surface area contributed by atoms with E-state index in [0.717, 1.165) is 23.2 Å². The number of methoxy groups -OCH3 is 1. The lowest BCUT2D eigenvalue weighted by Crippen LogP contribution is -2.11. The van der Waals surface area contributed by atoms with E-state index in [1.807, 2.05) is 12.1 Å². The van der Waals surface area contributed by atoms with Gasteiger partial charge in [0, 0.05) is 11.0 Å². The van der Waals surface area contributed by atoms with Crippen LogP contribution in [0.5, 0.6) is 5.75 Å². The maximum absolute atomic E-state index is 5.82. The van der Waals surface area contributed by atoms with Crippen LogP contribution in [0.25, 0.3) is 0 Å². The van der Waals surface area contributed by atoms with Gasteiger partial charge in [-0.25, -0.2) is 0 Å². The van der Waals surface area contributed by atoms with Gasteiger partial charge in [-0.1, -0.05) is 41.6 Å². The van der Waals surface area contributed by atoms with Gasteiger partial charge in [-0.2, -0.15) is 0 Å². The third-order valence-electron chi connectivity index (χ3n) is 2.52. The monoisotopic (exact) mass is 364 g/mol. The molecule has 1 rings (SSSR count). The summed E-state index contributed by atoms with van der Waals surface area (Å²) in [4.78, 5) is 0. The summed E-state index contributed by atoms with van der Waals surface area (Å²) in [6.45, 7) is 4.21. The summed E-state index contributed by atoms with van der Waals surface area (Å²) >= 11 is 2.34. The predicted octanol–water partition coefficient (Wildman–Crippen LogP) is 3.61. The molecule has 0 N–H and O–H groups in total. The lowest BCUT2D eigenvalue weighted by atomic mass is 10.1. The Labute approximate surface area is 123 Å². The van der Waals surface area contributed by atoms with Crippen LogP contribution in [0.1, 0.15) is 25.0 Å². The van der Waals surface area contributed by atoms with Crippen molar-refractivity contribution in [2.75, 3.05) is 31.4 Å². The van der Waals surface area contributed by atoms with E-state index in [9.17, 15) is 0 Å². The Kier molecular flexibility index (Phi) is 8.37. The minimum atomic E-state index is 0.127. The molecule has 1 aromatic carbocycles. The average Bonchev–Trinajstić information content (AvgIpc) is 2.43. The molecule has 0 heterocycles. The van der Waals surface area contributed by atoms with Gasteiger partial charge in [0.1, 0.15) is 5.75 Å². The van der Waals surface area contributed by atoms with E-state index >= 15 is 0 Å². The van der Waals surface area contributed by atoms with Crippen molar-refractivity contribution in [3.8, 4) is 5.75 Å². The number of rotatable bonds is 9. The molecule has 0 aliphatic heterocycles. The van der Waals surface area contributed by atoms with Gasteiger partial charge in [0.25, 0.3) is 0 Å². The van der Waals surface area contributed by atoms with E-state index in [-0.39, 0.29) is 6.10 Å². The second-order valence-corrected chi connectivity index (χ2v) is 4.78. The van der Waals surface area contributed by atoms with Crippen molar-refractivity contribution in [1.82, 2.24) is 0 Å². The van der Waals surface area contributed by atoms with Crippen molar-refractivity contribution in [3.63, 3.8) is 0 Å². The first kappa shape index (κ1) is 15.7. The van der Waals surface area contributed by atoms with Crippen molar-refractivity contribution in [2.45, 2.75) is 19.4 Å². The van der Waals surface area contributed by atoms with Crippen LogP contribution in [-0.4, -0.2) is 31.4 Å². The van der Waals surface area contributed by atoms with Crippen molar-refractivity contribution in [2.24, 2.45) is 0 Å². The Morgan fingerprint density at radius 2 is 1.83 bits per heavy atom. The molecular formula is C14H21IO3. The van der Waals surface area contributed by atoms with E-state index in [1.54, 1.807) is 7.11 Å². The second kappa shape index (κ2) is 9.58. The average molecular weight is 364 g/mol. The molecule has 1 atom stereocenters. The molecule has 0 aliphatic carbocycles. The highest BCUT2D eigenvalue weighted by Gasteiger charge is 2.10. The van der Waals surface area contributed by atoms with Gasteiger partial charge in [-0.05, 0) is 24.1 Å². The predicted molar refractivity (Wildman–Crippen MR) is 81.7 cm³/mol. The molecular weight excluding hydrogens is 343 g/mol. The van der Waals surface area contributed by atoms with Crippen LogP contribution in [0.3, 0.4) is 0 Å². The van der Waals surface area contributed by atoms with Crippen LogP contribution >= 0.6 is 22.6 Å². The van der Waals surface area contributed by atoms with Gasteiger partial charge in [-0.3, -0.25) is 0 Å². The molecule has 3 nitrogen and oxygen atoms in total. The molecule has 0 bridgehead atoms. The van der Waals surface area contributed by atoms with Crippen LogP contribution < -0.4 is 4.74 Å². The first-order valence-corrected chi connectivity index (χ1v) is 7.73. The summed E-state index contributed by atoms with van der Waals surface area (Å²) in [7, 11) is 1.67. The highest BCUT2D eigenvalue weighted by molar-refractivity contribution is 14.1. The molecule has 102 valence electrons. The van der Waals surface area contributed by atoms with E-state index in [0.29, 0.717) is 13.2 Å². The third-order valence-corrected chi connectivity index (χ3v) is 3.32. The minimum Gasteiger partial charge on any atom is -0.497 e. The van der Waals surface area contributed by atoms with Gasteiger partial charge >= 0.3 is 0 Å². The number of benzene rings is 1. The van der Waals surface area contributed by atoms with Gasteiger partial charge in [0.05, 0.1) is 26.4 Å². The van der Waals surface area contributed by atoms with Crippen molar-refractivity contribution in [1.29, 1.82) is 0 Å². The Hall–Kier alpha value is -0.330. The van der Waals surface area contributed by atoms with E-state index in [4.69, 9.17) is 14.2 Å². The molecule has 0 aliphatic rings. The molecule has 0 fully saturated rings. The highest BCUT2D eigenvalue weighted by Crippen LogP contribution is 2.22. The molecule has 0 saturated heterocycles. The van der Waals surface area contributed by atoms with Gasteiger partial charge in [0.15, 0.2) is 0 Å². The van der Waals surface area contributed by atoms with Crippen molar-refractivity contribution < 1.29 is 14.2 Å². The minimum absolute atomic E-state index is 0.127. The van der Waals surface area contributed by atoms with Crippen molar-refractivity contribution in [3.05, 3.63) is 29.8 Å². The molecule has 0 spiro atoms. The zero-order chi connectivity index (χ0) is 13.2. The van der Waals surface area contributed by atoms with Gasteiger partial charge in [-0.15, -0.1) is 0 Å². The molecule has 1 unspecified atom stereocenters. The van der Waals surface area contributed by atoms with E-state index < -0.39 is 0 Å². The number of alkyl halides is 1. The maximum Gasteiger partial charge on any atom is 0.118 e. The fourth-order valence-electron chi connectivity index (χ4n) is 1.54. The zero-order valence-corrected chi connectivity index (χ0v) is 13.2. The highest BCUT2D eigenvalue weighted by atomic mass is 127. The Morgan fingerprint density at radius 3 is 2.39 bits per heavy atom.